The van der Waals surface area contributed by atoms with Crippen molar-refractivity contribution in [1.82, 2.24) is 20.4 Å². The summed E-state index contributed by atoms with van der Waals surface area (Å²) in [7, 11) is 0. The van der Waals surface area contributed by atoms with Crippen LogP contribution in [0.25, 0.3) is 0 Å². The van der Waals surface area contributed by atoms with Gasteiger partial charge in [0.1, 0.15) is 0 Å². The van der Waals surface area contributed by atoms with Gasteiger partial charge >= 0.3 is 0 Å². The third-order valence-corrected chi connectivity index (χ3v) is 2.38. The highest BCUT2D eigenvalue weighted by Crippen LogP contribution is 2.06. The van der Waals surface area contributed by atoms with Crippen molar-refractivity contribution in [2.75, 3.05) is 19.6 Å². The highest BCUT2D eigenvalue weighted by Gasteiger charge is 2.19. The summed E-state index contributed by atoms with van der Waals surface area (Å²) in [5, 5.41) is 6.92. The molecule has 1 saturated heterocycles. The first kappa shape index (κ1) is 8.65. The van der Waals surface area contributed by atoms with Crippen LogP contribution in [0, 0.1) is 0 Å². The fourth-order valence-electron chi connectivity index (χ4n) is 1.56. The highest BCUT2D eigenvalue weighted by atomic mass is 16.5. The first-order valence-corrected chi connectivity index (χ1v) is 4.56. The standard InChI is InChI=1S/C8H14N4O/c1-7-4-9-2-3-12(7)5-8-10-6-11-13-8/h6-7,9H,2-5H2,1H3/t7-/m1/s1. The Bertz CT molecular complexity index is 249. The number of hydrogen-bond acceptors (Lipinski definition) is 5. The molecule has 0 aliphatic carbocycles. The maximum Gasteiger partial charge on any atom is 0.240 e. The highest BCUT2D eigenvalue weighted by molar-refractivity contribution is 4.81. The van der Waals surface area contributed by atoms with Crippen LogP contribution >= 0.6 is 0 Å². The van der Waals surface area contributed by atoms with E-state index in [4.69, 9.17) is 4.52 Å². The molecule has 1 aliphatic heterocycles. The van der Waals surface area contributed by atoms with Gasteiger partial charge in [-0.2, -0.15) is 4.98 Å². The molecule has 0 amide bonds. The summed E-state index contributed by atoms with van der Waals surface area (Å²) in [6.45, 7) is 6.08. The first-order valence-electron chi connectivity index (χ1n) is 4.56. The minimum Gasteiger partial charge on any atom is -0.338 e. The van der Waals surface area contributed by atoms with Gasteiger partial charge in [0, 0.05) is 25.7 Å². The van der Waals surface area contributed by atoms with Gasteiger partial charge in [0.2, 0.25) is 5.89 Å². The van der Waals surface area contributed by atoms with Crippen molar-refractivity contribution in [1.29, 1.82) is 0 Å². The molecule has 1 N–H and O–H groups in total. The largest absolute Gasteiger partial charge is 0.338 e. The van der Waals surface area contributed by atoms with Crippen molar-refractivity contribution in [3.63, 3.8) is 0 Å². The first-order chi connectivity index (χ1) is 6.36. The van der Waals surface area contributed by atoms with Crippen molar-refractivity contribution in [2.45, 2.75) is 19.5 Å². The van der Waals surface area contributed by atoms with Crippen molar-refractivity contribution < 1.29 is 4.52 Å². The maximum atomic E-state index is 4.96. The van der Waals surface area contributed by atoms with E-state index in [0.717, 1.165) is 26.2 Å². The van der Waals surface area contributed by atoms with Crippen LogP contribution in [0.2, 0.25) is 0 Å². The lowest BCUT2D eigenvalue weighted by Crippen LogP contribution is -2.49. The SMILES string of the molecule is C[C@@H]1CNCCN1Cc1ncno1. The molecule has 1 aliphatic rings. The van der Waals surface area contributed by atoms with E-state index in [1.54, 1.807) is 0 Å². The Morgan fingerprint density at radius 1 is 1.77 bits per heavy atom. The summed E-state index contributed by atoms with van der Waals surface area (Å²) in [5.41, 5.74) is 0. The molecule has 0 aromatic carbocycles. The monoisotopic (exact) mass is 182 g/mol. The topological polar surface area (TPSA) is 54.2 Å². The average molecular weight is 182 g/mol. The van der Waals surface area contributed by atoms with Crippen molar-refractivity contribution in [3.8, 4) is 0 Å². The number of nitrogens with one attached hydrogen (secondary N) is 1. The maximum absolute atomic E-state index is 4.96. The summed E-state index contributed by atoms with van der Waals surface area (Å²) in [5.74, 6) is 0.703. The Morgan fingerprint density at radius 3 is 3.38 bits per heavy atom. The van der Waals surface area contributed by atoms with Gasteiger partial charge in [-0.25, -0.2) is 0 Å². The lowest BCUT2D eigenvalue weighted by Gasteiger charge is -2.32. The van der Waals surface area contributed by atoms with E-state index in [-0.39, 0.29) is 0 Å². The molecular formula is C8H14N4O. The third-order valence-electron chi connectivity index (χ3n) is 2.38. The molecule has 5 heteroatoms. The van der Waals surface area contributed by atoms with Crippen LogP contribution < -0.4 is 5.32 Å². The predicted molar refractivity (Wildman–Crippen MR) is 47.0 cm³/mol. The van der Waals surface area contributed by atoms with E-state index in [9.17, 15) is 0 Å². The molecule has 0 saturated carbocycles. The van der Waals surface area contributed by atoms with Gasteiger partial charge in [-0.1, -0.05) is 5.16 Å². The van der Waals surface area contributed by atoms with Crippen LogP contribution in [-0.4, -0.2) is 40.7 Å². The van der Waals surface area contributed by atoms with Crippen LogP contribution in [-0.2, 0) is 6.54 Å². The van der Waals surface area contributed by atoms with Crippen LogP contribution in [0.5, 0.6) is 0 Å². The van der Waals surface area contributed by atoms with Gasteiger partial charge in [0.05, 0.1) is 6.54 Å². The Morgan fingerprint density at radius 2 is 2.69 bits per heavy atom. The lowest BCUT2D eigenvalue weighted by atomic mass is 10.2. The van der Waals surface area contributed by atoms with E-state index in [2.05, 4.69) is 27.3 Å². The molecule has 13 heavy (non-hydrogen) atoms. The van der Waals surface area contributed by atoms with Crippen LogP contribution in [0.15, 0.2) is 10.9 Å². The minimum absolute atomic E-state index is 0.542. The van der Waals surface area contributed by atoms with Gasteiger partial charge in [-0.3, -0.25) is 4.90 Å². The van der Waals surface area contributed by atoms with E-state index in [1.807, 2.05) is 0 Å². The Kier molecular flexibility index (Phi) is 2.56. The summed E-state index contributed by atoms with van der Waals surface area (Å²) < 4.78 is 4.96. The fourth-order valence-corrected chi connectivity index (χ4v) is 1.56. The van der Waals surface area contributed by atoms with Gasteiger partial charge in [-0.15, -0.1) is 0 Å². The number of rotatable bonds is 2. The Hall–Kier alpha value is -0.940. The van der Waals surface area contributed by atoms with Crippen molar-refractivity contribution >= 4 is 0 Å². The van der Waals surface area contributed by atoms with Gasteiger partial charge in [-0.05, 0) is 6.92 Å². The van der Waals surface area contributed by atoms with Crippen molar-refractivity contribution in [3.05, 3.63) is 12.2 Å². The summed E-state index contributed by atoms with van der Waals surface area (Å²) >= 11 is 0. The quantitative estimate of drug-likeness (QED) is 0.690. The smallest absolute Gasteiger partial charge is 0.240 e. The molecule has 1 aromatic rings. The molecule has 1 aromatic heterocycles. The van der Waals surface area contributed by atoms with E-state index in [0.29, 0.717) is 11.9 Å². The molecule has 2 heterocycles. The molecule has 1 fully saturated rings. The fraction of sp³-hybridized carbons (Fsp3) is 0.750. The minimum atomic E-state index is 0.542. The molecule has 2 rings (SSSR count). The second-order valence-electron chi connectivity index (χ2n) is 3.36. The molecule has 1 atom stereocenters. The molecule has 0 radical (unpaired) electrons. The molecule has 0 unspecified atom stereocenters. The second-order valence-corrected chi connectivity index (χ2v) is 3.36. The number of hydrogen-bond donors (Lipinski definition) is 1. The second kappa shape index (κ2) is 3.85. The van der Waals surface area contributed by atoms with Gasteiger partial charge in [0.25, 0.3) is 0 Å². The van der Waals surface area contributed by atoms with Gasteiger partial charge in [0.15, 0.2) is 6.33 Å². The zero-order valence-electron chi connectivity index (χ0n) is 7.73. The molecule has 72 valence electrons. The van der Waals surface area contributed by atoms with E-state index >= 15 is 0 Å². The average Bonchev–Trinajstić information content (AvgIpc) is 2.61. The number of aromatic nitrogens is 2. The van der Waals surface area contributed by atoms with Crippen LogP contribution in [0.1, 0.15) is 12.8 Å². The van der Waals surface area contributed by atoms with Gasteiger partial charge < -0.3 is 9.84 Å². The molecule has 0 spiro atoms. The third kappa shape index (κ3) is 2.05. The molecule has 0 bridgehead atoms. The molecular weight excluding hydrogens is 168 g/mol. The number of nitrogens with zero attached hydrogens (tertiary/aromatic N) is 3. The van der Waals surface area contributed by atoms with E-state index in [1.165, 1.54) is 6.33 Å². The van der Waals surface area contributed by atoms with E-state index < -0.39 is 0 Å². The summed E-state index contributed by atoms with van der Waals surface area (Å²) in [6.07, 6.45) is 1.45. The predicted octanol–water partition coefficient (Wildman–Crippen LogP) is -0.137. The normalized spacial score (nSPS) is 24.8. The molecule has 5 nitrogen and oxygen atoms in total. The van der Waals surface area contributed by atoms with Crippen molar-refractivity contribution in [2.24, 2.45) is 0 Å². The zero-order valence-corrected chi connectivity index (χ0v) is 7.73. The Balaban J connectivity index is 1.93. The number of piperazine rings is 1. The summed E-state index contributed by atoms with van der Waals surface area (Å²) in [6, 6.07) is 0.542. The van der Waals surface area contributed by atoms with Crippen LogP contribution in [0.3, 0.4) is 0 Å². The van der Waals surface area contributed by atoms with Crippen LogP contribution in [0.4, 0.5) is 0 Å². The summed E-state index contributed by atoms with van der Waals surface area (Å²) in [4.78, 5) is 6.34. The Labute approximate surface area is 77.1 Å². The lowest BCUT2D eigenvalue weighted by molar-refractivity contribution is 0.146. The zero-order chi connectivity index (χ0) is 9.10.